The number of aromatic nitrogens is 1. The van der Waals surface area contributed by atoms with Crippen molar-refractivity contribution < 1.29 is 4.92 Å². The Hall–Kier alpha value is -1.28. The lowest BCUT2D eigenvalue weighted by molar-refractivity contribution is -0.404. The van der Waals surface area contributed by atoms with Crippen LogP contribution < -0.4 is 10.6 Å². The summed E-state index contributed by atoms with van der Waals surface area (Å²) < 4.78 is 4.21. The van der Waals surface area contributed by atoms with Crippen LogP contribution in [0.5, 0.6) is 0 Å². The summed E-state index contributed by atoms with van der Waals surface area (Å²) in [7, 11) is 1.65. The first kappa shape index (κ1) is 14.8. The molecule has 0 aromatic carbocycles. The zero-order valence-corrected chi connectivity index (χ0v) is 11.9. The Labute approximate surface area is 114 Å². The van der Waals surface area contributed by atoms with Crippen molar-refractivity contribution in [2.45, 2.75) is 12.7 Å². The van der Waals surface area contributed by atoms with E-state index in [9.17, 15) is 10.1 Å². The molecule has 0 radical (unpaired) electrons. The summed E-state index contributed by atoms with van der Waals surface area (Å²) in [6.07, 6.45) is 0.928. The summed E-state index contributed by atoms with van der Waals surface area (Å²) >= 11 is 3.25. The standard InChI is InChI=1S/C10H16N4O2S2/c1-8-9(7-18-13-8)6-17-4-3-12-10(11-2)5-14(15)16/h5,7,11-12H,3-4,6H2,1-2H3. The zero-order chi connectivity index (χ0) is 13.4. The molecule has 1 aromatic rings. The lowest BCUT2D eigenvalue weighted by Gasteiger charge is -2.07. The molecular weight excluding hydrogens is 272 g/mol. The van der Waals surface area contributed by atoms with Crippen LogP contribution in [0.15, 0.2) is 17.4 Å². The SMILES string of the molecule is CNC(=C[N+](=O)[O-])NCCSCc1csnc1C. The third kappa shape index (κ3) is 5.37. The molecule has 0 fully saturated rings. The highest BCUT2D eigenvalue weighted by molar-refractivity contribution is 7.98. The molecule has 0 saturated heterocycles. The number of hydrogen-bond donors (Lipinski definition) is 2. The molecule has 2 N–H and O–H groups in total. The minimum Gasteiger partial charge on any atom is -0.370 e. The lowest BCUT2D eigenvalue weighted by Crippen LogP contribution is -2.26. The third-order valence-corrected chi connectivity index (χ3v) is 3.95. The molecule has 0 atom stereocenters. The van der Waals surface area contributed by atoms with Gasteiger partial charge in [-0.05, 0) is 24.0 Å². The topological polar surface area (TPSA) is 80.1 Å². The van der Waals surface area contributed by atoms with Gasteiger partial charge >= 0.3 is 0 Å². The van der Waals surface area contributed by atoms with Crippen LogP contribution in [0.1, 0.15) is 11.3 Å². The van der Waals surface area contributed by atoms with Gasteiger partial charge in [-0.15, -0.1) is 0 Å². The van der Waals surface area contributed by atoms with Gasteiger partial charge in [0.25, 0.3) is 6.20 Å². The van der Waals surface area contributed by atoms with Crippen molar-refractivity contribution in [2.75, 3.05) is 19.3 Å². The van der Waals surface area contributed by atoms with E-state index in [0.717, 1.165) is 23.4 Å². The molecule has 8 heteroatoms. The van der Waals surface area contributed by atoms with Gasteiger partial charge in [0.2, 0.25) is 0 Å². The molecule has 0 spiro atoms. The molecule has 0 aliphatic heterocycles. The van der Waals surface area contributed by atoms with Gasteiger partial charge < -0.3 is 10.6 Å². The number of hydrogen-bond acceptors (Lipinski definition) is 7. The largest absolute Gasteiger partial charge is 0.370 e. The van der Waals surface area contributed by atoms with E-state index in [4.69, 9.17) is 0 Å². The van der Waals surface area contributed by atoms with E-state index in [1.54, 1.807) is 18.8 Å². The molecule has 0 unspecified atom stereocenters. The molecule has 100 valence electrons. The Morgan fingerprint density at radius 3 is 3.06 bits per heavy atom. The number of nitrogens with zero attached hydrogens (tertiary/aromatic N) is 2. The molecule has 0 amide bonds. The number of rotatable bonds is 8. The van der Waals surface area contributed by atoms with Crippen LogP contribution in [-0.2, 0) is 5.75 Å². The fraction of sp³-hybridized carbons (Fsp3) is 0.500. The quantitative estimate of drug-likeness (QED) is 0.429. The Kier molecular flexibility index (Phi) is 6.51. The van der Waals surface area contributed by atoms with Crippen LogP contribution in [0.4, 0.5) is 0 Å². The minimum atomic E-state index is -0.480. The third-order valence-electron chi connectivity index (χ3n) is 2.17. The average molecular weight is 288 g/mol. The highest BCUT2D eigenvalue weighted by atomic mass is 32.2. The zero-order valence-electron chi connectivity index (χ0n) is 10.3. The van der Waals surface area contributed by atoms with Crippen molar-refractivity contribution in [1.29, 1.82) is 0 Å². The van der Waals surface area contributed by atoms with Gasteiger partial charge in [-0.2, -0.15) is 16.1 Å². The molecule has 0 aliphatic carbocycles. The highest BCUT2D eigenvalue weighted by Crippen LogP contribution is 2.16. The molecule has 1 heterocycles. The van der Waals surface area contributed by atoms with Gasteiger partial charge in [-0.25, -0.2) is 0 Å². The molecule has 18 heavy (non-hydrogen) atoms. The number of nitrogens with one attached hydrogen (secondary N) is 2. The van der Waals surface area contributed by atoms with Gasteiger partial charge in [0.05, 0.1) is 10.6 Å². The molecule has 1 rings (SSSR count). The summed E-state index contributed by atoms with van der Waals surface area (Å²) in [6.45, 7) is 2.69. The molecular formula is C10H16N4O2S2. The summed E-state index contributed by atoms with van der Waals surface area (Å²) in [5, 5.41) is 18.1. The minimum absolute atomic E-state index is 0.425. The van der Waals surface area contributed by atoms with E-state index in [1.165, 1.54) is 17.1 Å². The van der Waals surface area contributed by atoms with Crippen molar-refractivity contribution in [1.82, 2.24) is 15.0 Å². The first-order chi connectivity index (χ1) is 8.63. The first-order valence-electron chi connectivity index (χ1n) is 5.38. The summed E-state index contributed by atoms with van der Waals surface area (Å²) in [6, 6.07) is 0. The van der Waals surface area contributed by atoms with Crippen LogP contribution in [0, 0.1) is 17.0 Å². The predicted molar refractivity (Wildman–Crippen MR) is 75.2 cm³/mol. The molecule has 0 saturated carbocycles. The number of aryl methyl sites for hydroxylation is 1. The molecule has 1 aromatic heterocycles. The van der Waals surface area contributed by atoms with Gasteiger partial charge in [-0.1, -0.05) is 0 Å². The van der Waals surface area contributed by atoms with Crippen molar-refractivity contribution >= 4 is 23.3 Å². The van der Waals surface area contributed by atoms with Gasteiger partial charge in [0.15, 0.2) is 5.82 Å². The molecule has 6 nitrogen and oxygen atoms in total. The number of thioether (sulfide) groups is 1. The van der Waals surface area contributed by atoms with Crippen molar-refractivity contribution in [3.63, 3.8) is 0 Å². The van der Waals surface area contributed by atoms with Crippen LogP contribution in [0.2, 0.25) is 0 Å². The molecule has 0 aliphatic rings. The fourth-order valence-corrected chi connectivity index (χ4v) is 2.91. The van der Waals surface area contributed by atoms with Gasteiger partial charge in [-0.3, -0.25) is 10.1 Å². The maximum Gasteiger partial charge on any atom is 0.274 e. The van der Waals surface area contributed by atoms with Gasteiger partial charge in [0.1, 0.15) is 0 Å². The predicted octanol–water partition coefficient (Wildman–Crippen LogP) is 1.57. The Bertz CT molecular complexity index is 420. The highest BCUT2D eigenvalue weighted by Gasteiger charge is 2.02. The second-order valence-electron chi connectivity index (χ2n) is 3.48. The molecule has 0 bridgehead atoms. The van der Waals surface area contributed by atoms with E-state index in [-0.39, 0.29) is 0 Å². The van der Waals surface area contributed by atoms with Crippen molar-refractivity contribution in [3.05, 3.63) is 38.8 Å². The van der Waals surface area contributed by atoms with E-state index < -0.39 is 4.92 Å². The summed E-state index contributed by atoms with van der Waals surface area (Å²) in [5.41, 5.74) is 2.35. The van der Waals surface area contributed by atoms with E-state index >= 15 is 0 Å². The van der Waals surface area contributed by atoms with Crippen LogP contribution in [0.25, 0.3) is 0 Å². The number of nitro groups is 1. The van der Waals surface area contributed by atoms with Crippen molar-refractivity contribution in [2.24, 2.45) is 0 Å². The maximum atomic E-state index is 10.3. The lowest BCUT2D eigenvalue weighted by atomic mass is 10.3. The average Bonchev–Trinajstić information content (AvgIpc) is 2.72. The monoisotopic (exact) mass is 288 g/mol. The second-order valence-corrected chi connectivity index (χ2v) is 5.22. The Morgan fingerprint density at radius 2 is 2.50 bits per heavy atom. The summed E-state index contributed by atoms with van der Waals surface area (Å²) in [4.78, 5) is 9.81. The van der Waals surface area contributed by atoms with E-state index in [2.05, 4.69) is 20.4 Å². The van der Waals surface area contributed by atoms with E-state index in [0.29, 0.717) is 12.4 Å². The Balaban J connectivity index is 2.19. The van der Waals surface area contributed by atoms with E-state index in [1.807, 2.05) is 6.92 Å². The Morgan fingerprint density at radius 1 is 1.72 bits per heavy atom. The van der Waals surface area contributed by atoms with Gasteiger partial charge in [0, 0.05) is 30.5 Å². The second kappa shape index (κ2) is 7.93. The fourth-order valence-electron chi connectivity index (χ4n) is 1.20. The smallest absolute Gasteiger partial charge is 0.274 e. The van der Waals surface area contributed by atoms with Crippen LogP contribution >= 0.6 is 23.3 Å². The van der Waals surface area contributed by atoms with Crippen LogP contribution in [0.3, 0.4) is 0 Å². The van der Waals surface area contributed by atoms with Crippen molar-refractivity contribution in [3.8, 4) is 0 Å². The normalized spacial score (nSPS) is 11.3. The van der Waals surface area contributed by atoms with Crippen LogP contribution in [-0.4, -0.2) is 28.6 Å². The first-order valence-corrected chi connectivity index (χ1v) is 7.37. The summed E-state index contributed by atoms with van der Waals surface area (Å²) in [5.74, 6) is 2.23. The maximum absolute atomic E-state index is 10.3.